The minimum atomic E-state index is -0.168. The van der Waals surface area contributed by atoms with Crippen LogP contribution < -0.4 is 0 Å². The van der Waals surface area contributed by atoms with Crippen LogP contribution in [0.4, 0.5) is 0 Å². The van der Waals surface area contributed by atoms with Crippen LogP contribution in [0.3, 0.4) is 0 Å². The summed E-state index contributed by atoms with van der Waals surface area (Å²) in [5, 5.41) is 12.4. The van der Waals surface area contributed by atoms with Gasteiger partial charge in [0.05, 0.1) is 0 Å². The second-order valence-electron chi connectivity index (χ2n) is 16.0. The fourth-order valence-electron chi connectivity index (χ4n) is 10.0. The van der Waals surface area contributed by atoms with E-state index in [1.165, 1.54) is 104 Å². The summed E-state index contributed by atoms with van der Waals surface area (Å²) in [5.74, 6) is 0. The second-order valence-corrected chi connectivity index (χ2v) is 16.0. The minimum absolute atomic E-state index is 0.168. The Morgan fingerprint density at radius 1 is 0.375 bits per heavy atom. The van der Waals surface area contributed by atoms with E-state index in [1.807, 2.05) is 0 Å². The van der Waals surface area contributed by atoms with Crippen LogP contribution in [0.5, 0.6) is 0 Å². The molecule has 262 valence electrons. The van der Waals surface area contributed by atoms with E-state index in [2.05, 4.69) is 196 Å². The molecular weight excluding hydrogens is 677 g/mol. The molecule has 0 amide bonds. The molecule has 0 spiro atoms. The maximum Gasteiger partial charge on any atom is 0.143 e. The molecule has 0 atom stereocenters. The van der Waals surface area contributed by atoms with E-state index in [-0.39, 0.29) is 5.41 Å². The summed E-state index contributed by atoms with van der Waals surface area (Å²) in [6.07, 6.45) is 0. The molecule has 1 aliphatic carbocycles. The molecule has 1 aliphatic rings. The van der Waals surface area contributed by atoms with Gasteiger partial charge >= 0.3 is 0 Å². The fraction of sp³-hybridized carbons (Fsp3) is 0.0545. The number of furan rings is 1. The Balaban J connectivity index is 0.980. The minimum Gasteiger partial charge on any atom is -0.455 e. The van der Waals surface area contributed by atoms with Crippen LogP contribution in [-0.4, -0.2) is 0 Å². The highest BCUT2D eigenvalue weighted by Crippen LogP contribution is 2.54. The van der Waals surface area contributed by atoms with Gasteiger partial charge in [-0.15, -0.1) is 0 Å². The molecule has 10 aromatic carbocycles. The lowest BCUT2D eigenvalue weighted by molar-refractivity contribution is 0.658. The fourth-order valence-corrected chi connectivity index (χ4v) is 10.0. The van der Waals surface area contributed by atoms with E-state index in [0.29, 0.717) is 0 Å². The molecule has 1 nitrogen and oxygen atoms in total. The zero-order valence-corrected chi connectivity index (χ0v) is 31.2. The molecule has 11 aromatic rings. The topological polar surface area (TPSA) is 13.1 Å². The largest absolute Gasteiger partial charge is 0.455 e. The molecule has 0 aliphatic heterocycles. The van der Waals surface area contributed by atoms with E-state index in [4.69, 9.17) is 4.42 Å². The van der Waals surface area contributed by atoms with Crippen LogP contribution in [0.15, 0.2) is 186 Å². The van der Waals surface area contributed by atoms with Crippen LogP contribution in [0.25, 0.3) is 110 Å². The van der Waals surface area contributed by atoms with Crippen LogP contribution in [0.2, 0.25) is 0 Å². The Labute approximate surface area is 325 Å². The zero-order valence-electron chi connectivity index (χ0n) is 31.2. The van der Waals surface area contributed by atoms with E-state index in [0.717, 1.165) is 16.6 Å². The van der Waals surface area contributed by atoms with Crippen molar-refractivity contribution in [1.29, 1.82) is 0 Å². The van der Waals surface area contributed by atoms with Gasteiger partial charge < -0.3 is 4.42 Å². The summed E-state index contributed by atoms with van der Waals surface area (Å²) < 4.78 is 6.62. The molecule has 0 unspecified atom stereocenters. The molecule has 1 heteroatoms. The van der Waals surface area contributed by atoms with Crippen LogP contribution in [0.1, 0.15) is 25.0 Å². The van der Waals surface area contributed by atoms with Crippen molar-refractivity contribution in [1.82, 2.24) is 0 Å². The van der Waals surface area contributed by atoms with Gasteiger partial charge in [-0.2, -0.15) is 0 Å². The van der Waals surface area contributed by atoms with E-state index in [1.54, 1.807) is 0 Å². The van der Waals surface area contributed by atoms with Crippen molar-refractivity contribution in [2.75, 3.05) is 0 Å². The first-order valence-electron chi connectivity index (χ1n) is 19.6. The first-order chi connectivity index (χ1) is 27.5. The van der Waals surface area contributed by atoms with Crippen molar-refractivity contribution in [3.8, 4) is 44.5 Å². The molecule has 0 N–H and O–H groups in total. The van der Waals surface area contributed by atoms with Crippen molar-refractivity contribution < 1.29 is 4.42 Å². The predicted molar refractivity (Wildman–Crippen MR) is 238 cm³/mol. The predicted octanol–water partition coefficient (Wildman–Crippen LogP) is 15.5. The Bertz CT molecular complexity index is 3380. The average molecular weight is 713 g/mol. The van der Waals surface area contributed by atoms with Crippen molar-refractivity contribution in [2.24, 2.45) is 0 Å². The summed E-state index contributed by atoms with van der Waals surface area (Å²) in [7, 11) is 0. The number of rotatable bonds is 3. The number of hydrogen-bond donors (Lipinski definition) is 0. The Morgan fingerprint density at radius 2 is 0.929 bits per heavy atom. The maximum absolute atomic E-state index is 6.62. The Morgan fingerprint density at radius 3 is 1.64 bits per heavy atom. The van der Waals surface area contributed by atoms with Crippen LogP contribution >= 0.6 is 0 Å². The highest BCUT2D eigenvalue weighted by atomic mass is 16.3. The summed E-state index contributed by atoms with van der Waals surface area (Å²) in [6, 6.07) is 67.1. The Hall–Kier alpha value is -6.96. The number of fused-ring (bicyclic) bond motifs is 12. The molecule has 0 radical (unpaired) electrons. The van der Waals surface area contributed by atoms with Gasteiger partial charge in [0.1, 0.15) is 11.2 Å². The molecule has 0 saturated heterocycles. The van der Waals surface area contributed by atoms with Crippen molar-refractivity contribution in [3.63, 3.8) is 0 Å². The molecule has 56 heavy (non-hydrogen) atoms. The lowest BCUT2D eigenvalue weighted by Gasteiger charge is -2.22. The smallest absolute Gasteiger partial charge is 0.143 e. The lowest BCUT2D eigenvalue weighted by atomic mass is 9.80. The summed E-state index contributed by atoms with van der Waals surface area (Å²) in [6.45, 7) is 4.73. The van der Waals surface area contributed by atoms with Gasteiger partial charge in [-0.1, -0.05) is 166 Å². The van der Waals surface area contributed by atoms with Crippen molar-refractivity contribution in [2.45, 2.75) is 19.3 Å². The number of hydrogen-bond acceptors (Lipinski definition) is 1. The highest BCUT2D eigenvalue weighted by molar-refractivity contribution is 6.22. The summed E-state index contributed by atoms with van der Waals surface area (Å²) in [4.78, 5) is 0. The van der Waals surface area contributed by atoms with Crippen molar-refractivity contribution >= 4 is 65.0 Å². The van der Waals surface area contributed by atoms with E-state index >= 15 is 0 Å². The third kappa shape index (κ3) is 4.37. The van der Waals surface area contributed by atoms with Gasteiger partial charge in [0, 0.05) is 21.6 Å². The third-order valence-electron chi connectivity index (χ3n) is 12.6. The van der Waals surface area contributed by atoms with Crippen molar-refractivity contribution in [3.05, 3.63) is 193 Å². The summed E-state index contributed by atoms with van der Waals surface area (Å²) in [5.41, 5.74) is 14.6. The quantitative estimate of drug-likeness (QED) is 0.166. The standard InChI is InChI=1S/C55H36O/c1-55(2)48-28-25-38(32-47(48)45-27-29-49-52(53(45)55)46-26-24-33-12-6-7-15-40(33)54(46)56-49)36-20-21-37-31-39(23-22-35(37)30-36)51-43-18-10-8-16-41(43)50(34-13-4-3-5-14-34)42-17-9-11-19-44(42)51/h3-32H,1-2H3. The van der Waals surface area contributed by atoms with Gasteiger partial charge in [0.2, 0.25) is 0 Å². The molecule has 0 saturated carbocycles. The third-order valence-corrected chi connectivity index (χ3v) is 12.6. The molecule has 0 fully saturated rings. The molecule has 0 bridgehead atoms. The normalized spacial score (nSPS) is 13.3. The zero-order chi connectivity index (χ0) is 37.1. The monoisotopic (exact) mass is 712 g/mol. The molecular formula is C55H36O. The first kappa shape index (κ1) is 31.4. The second kappa shape index (κ2) is 11.5. The molecule has 1 aromatic heterocycles. The lowest BCUT2D eigenvalue weighted by Crippen LogP contribution is -2.15. The maximum atomic E-state index is 6.62. The molecule has 12 rings (SSSR count). The number of benzene rings is 10. The SMILES string of the molecule is CC1(C)c2ccc(-c3ccc4cc(-c5c6ccccc6c(-c6ccccc6)c6ccccc56)ccc4c3)cc2-c2ccc3oc4c5ccccc5ccc4c3c21. The Kier molecular flexibility index (Phi) is 6.46. The van der Waals surface area contributed by atoms with Crippen LogP contribution in [-0.2, 0) is 5.41 Å². The van der Waals surface area contributed by atoms with Gasteiger partial charge in [0.15, 0.2) is 0 Å². The van der Waals surface area contributed by atoms with Gasteiger partial charge in [-0.3, -0.25) is 0 Å². The molecule has 1 heterocycles. The average Bonchev–Trinajstić information content (AvgIpc) is 3.74. The van der Waals surface area contributed by atoms with Gasteiger partial charge in [-0.05, 0) is 124 Å². The van der Waals surface area contributed by atoms with Gasteiger partial charge in [-0.25, -0.2) is 0 Å². The van der Waals surface area contributed by atoms with E-state index in [9.17, 15) is 0 Å². The highest BCUT2D eigenvalue weighted by Gasteiger charge is 2.38. The summed E-state index contributed by atoms with van der Waals surface area (Å²) >= 11 is 0. The first-order valence-corrected chi connectivity index (χ1v) is 19.6. The van der Waals surface area contributed by atoms with Gasteiger partial charge in [0.25, 0.3) is 0 Å². The van der Waals surface area contributed by atoms with E-state index < -0.39 is 0 Å². The van der Waals surface area contributed by atoms with Crippen LogP contribution in [0, 0.1) is 0 Å².